The number of fused-ring (bicyclic) bond motifs is 1. The van der Waals surface area contributed by atoms with Crippen molar-refractivity contribution in [1.82, 2.24) is 0 Å². The highest BCUT2D eigenvalue weighted by molar-refractivity contribution is 5.54. The molecule has 2 heteroatoms. The highest BCUT2D eigenvalue weighted by Gasteiger charge is 2.42. The Balaban J connectivity index is 2.57. The molecule has 0 heterocycles. The molecule has 0 radical (unpaired) electrons. The van der Waals surface area contributed by atoms with Crippen molar-refractivity contribution in [3.05, 3.63) is 23.3 Å². The van der Waals surface area contributed by atoms with E-state index in [1.54, 1.807) is 14.2 Å². The van der Waals surface area contributed by atoms with Gasteiger partial charge in [-0.25, -0.2) is 0 Å². The summed E-state index contributed by atoms with van der Waals surface area (Å²) in [7, 11) is 3.47. The first-order valence-electron chi connectivity index (χ1n) is 6.82. The molecule has 18 heavy (non-hydrogen) atoms. The van der Waals surface area contributed by atoms with Gasteiger partial charge in [0.1, 0.15) is 11.5 Å². The van der Waals surface area contributed by atoms with Gasteiger partial charge in [0.05, 0.1) is 14.2 Å². The topological polar surface area (TPSA) is 18.5 Å². The van der Waals surface area contributed by atoms with Crippen molar-refractivity contribution >= 4 is 0 Å². The minimum Gasteiger partial charge on any atom is -0.497 e. The summed E-state index contributed by atoms with van der Waals surface area (Å²) in [5, 5.41) is 0. The van der Waals surface area contributed by atoms with E-state index in [9.17, 15) is 0 Å². The molecule has 1 aliphatic rings. The summed E-state index contributed by atoms with van der Waals surface area (Å²) in [6.45, 7) is 6.98. The molecule has 0 amide bonds. The molecule has 0 aromatic heterocycles. The average molecular weight is 248 g/mol. The largest absolute Gasteiger partial charge is 0.497 e. The molecule has 1 aromatic rings. The smallest absolute Gasteiger partial charge is 0.126 e. The third kappa shape index (κ3) is 1.88. The lowest BCUT2D eigenvalue weighted by Crippen LogP contribution is -2.26. The Bertz CT molecular complexity index is 439. The van der Waals surface area contributed by atoms with E-state index >= 15 is 0 Å². The first-order valence-corrected chi connectivity index (χ1v) is 6.82. The molecule has 1 aliphatic carbocycles. The Labute approximate surface area is 110 Å². The number of ether oxygens (including phenoxy) is 2. The van der Waals surface area contributed by atoms with Crippen LogP contribution in [0.5, 0.6) is 11.5 Å². The summed E-state index contributed by atoms with van der Waals surface area (Å²) < 4.78 is 11.0. The van der Waals surface area contributed by atoms with Gasteiger partial charge >= 0.3 is 0 Å². The second-order valence-corrected chi connectivity index (χ2v) is 5.64. The Morgan fingerprint density at radius 1 is 1.28 bits per heavy atom. The van der Waals surface area contributed by atoms with Crippen LogP contribution in [0.15, 0.2) is 12.1 Å². The molecule has 0 saturated carbocycles. The molecular weight excluding hydrogens is 224 g/mol. The van der Waals surface area contributed by atoms with E-state index in [0.29, 0.717) is 5.92 Å². The van der Waals surface area contributed by atoms with Gasteiger partial charge in [-0.15, -0.1) is 0 Å². The minimum absolute atomic E-state index is 0.238. The lowest BCUT2D eigenvalue weighted by atomic mass is 9.74. The molecule has 0 aliphatic heterocycles. The van der Waals surface area contributed by atoms with Crippen LogP contribution in [0.25, 0.3) is 0 Å². The number of hydrogen-bond acceptors (Lipinski definition) is 2. The van der Waals surface area contributed by atoms with E-state index in [-0.39, 0.29) is 5.41 Å². The van der Waals surface area contributed by atoms with Crippen molar-refractivity contribution < 1.29 is 9.47 Å². The summed E-state index contributed by atoms with van der Waals surface area (Å²) in [6, 6.07) is 4.19. The van der Waals surface area contributed by atoms with E-state index in [1.807, 2.05) is 6.07 Å². The van der Waals surface area contributed by atoms with Gasteiger partial charge in [-0.05, 0) is 35.8 Å². The lowest BCUT2D eigenvalue weighted by Gasteiger charge is -2.31. The first kappa shape index (κ1) is 13.3. The van der Waals surface area contributed by atoms with Crippen molar-refractivity contribution in [3.63, 3.8) is 0 Å². The van der Waals surface area contributed by atoms with Gasteiger partial charge in [-0.3, -0.25) is 0 Å². The van der Waals surface area contributed by atoms with Gasteiger partial charge in [-0.2, -0.15) is 0 Å². The second kappa shape index (κ2) is 4.83. The Morgan fingerprint density at radius 2 is 2.00 bits per heavy atom. The third-order valence-electron chi connectivity index (χ3n) is 4.57. The predicted molar refractivity (Wildman–Crippen MR) is 74.7 cm³/mol. The van der Waals surface area contributed by atoms with Crippen LogP contribution in [0.2, 0.25) is 0 Å². The molecule has 2 rings (SSSR count). The molecule has 100 valence electrons. The number of rotatable bonds is 4. The van der Waals surface area contributed by atoms with Gasteiger partial charge in [0.25, 0.3) is 0 Å². The molecule has 0 fully saturated rings. The van der Waals surface area contributed by atoms with Crippen LogP contribution in [-0.2, 0) is 11.8 Å². The molecule has 1 aromatic carbocycles. The molecule has 2 nitrogen and oxygen atoms in total. The van der Waals surface area contributed by atoms with Crippen LogP contribution in [-0.4, -0.2) is 14.2 Å². The highest BCUT2D eigenvalue weighted by atomic mass is 16.5. The van der Waals surface area contributed by atoms with Crippen LogP contribution in [0.3, 0.4) is 0 Å². The Morgan fingerprint density at radius 3 is 2.56 bits per heavy atom. The van der Waals surface area contributed by atoms with E-state index in [1.165, 1.54) is 24.0 Å². The van der Waals surface area contributed by atoms with Gasteiger partial charge in [0.2, 0.25) is 0 Å². The summed E-state index contributed by atoms with van der Waals surface area (Å²) in [4.78, 5) is 0. The average Bonchev–Trinajstić information content (AvgIpc) is 2.61. The molecular formula is C16H24O2. The van der Waals surface area contributed by atoms with Crippen LogP contribution in [0.4, 0.5) is 0 Å². The van der Waals surface area contributed by atoms with E-state index in [0.717, 1.165) is 17.9 Å². The standard InChI is InChI=1S/C16H24O2/c1-6-7-16(3)11(2)8-12-9-13(17-4)10-14(18-5)15(12)16/h9-11H,6-8H2,1-5H3. The van der Waals surface area contributed by atoms with Crippen molar-refractivity contribution in [2.24, 2.45) is 5.92 Å². The number of hydrogen-bond donors (Lipinski definition) is 0. The van der Waals surface area contributed by atoms with E-state index in [4.69, 9.17) is 9.47 Å². The fourth-order valence-corrected chi connectivity index (χ4v) is 3.43. The zero-order valence-corrected chi connectivity index (χ0v) is 12.2. The Hall–Kier alpha value is -1.18. The van der Waals surface area contributed by atoms with Crippen LogP contribution >= 0.6 is 0 Å². The van der Waals surface area contributed by atoms with Crippen molar-refractivity contribution in [1.29, 1.82) is 0 Å². The summed E-state index contributed by atoms with van der Waals surface area (Å²) in [5.41, 5.74) is 3.04. The maximum Gasteiger partial charge on any atom is 0.126 e. The summed E-state index contributed by atoms with van der Waals surface area (Å²) in [6.07, 6.45) is 3.54. The first-order chi connectivity index (χ1) is 8.56. The van der Waals surface area contributed by atoms with Gasteiger partial charge in [0.15, 0.2) is 0 Å². The highest BCUT2D eigenvalue weighted by Crippen LogP contribution is 2.51. The molecule has 0 spiro atoms. The molecule has 2 atom stereocenters. The second-order valence-electron chi connectivity index (χ2n) is 5.64. The van der Waals surface area contributed by atoms with Gasteiger partial charge in [-0.1, -0.05) is 27.2 Å². The summed E-state index contributed by atoms with van der Waals surface area (Å²) in [5.74, 6) is 2.55. The zero-order chi connectivity index (χ0) is 13.3. The van der Waals surface area contributed by atoms with Crippen molar-refractivity contribution in [2.75, 3.05) is 14.2 Å². The van der Waals surface area contributed by atoms with Crippen molar-refractivity contribution in [3.8, 4) is 11.5 Å². The fourth-order valence-electron chi connectivity index (χ4n) is 3.43. The predicted octanol–water partition coefficient (Wildman–Crippen LogP) is 3.95. The monoisotopic (exact) mass is 248 g/mol. The van der Waals surface area contributed by atoms with Crippen molar-refractivity contribution in [2.45, 2.75) is 45.4 Å². The third-order valence-corrected chi connectivity index (χ3v) is 4.57. The number of benzene rings is 1. The molecule has 2 unspecified atom stereocenters. The SMILES string of the molecule is CCCC1(C)c2c(cc(OC)cc2OC)CC1C. The van der Waals surface area contributed by atoms with E-state index in [2.05, 4.69) is 26.8 Å². The maximum absolute atomic E-state index is 5.61. The zero-order valence-electron chi connectivity index (χ0n) is 12.2. The lowest BCUT2D eigenvalue weighted by molar-refractivity contribution is 0.305. The number of methoxy groups -OCH3 is 2. The molecule has 0 saturated heterocycles. The van der Waals surface area contributed by atoms with Crippen LogP contribution in [0.1, 0.15) is 44.7 Å². The van der Waals surface area contributed by atoms with Crippen LogP contribution < -0.4 is 9.47 Å². The molecule has 0 N–H and O–H groups in total. The van der Waals surface area contributed by atoms with Crippen LogP contribution in [0, 0.1) is 5.92 Å². The summed E-state index contributed by atoms with van der Waals surface area (Å²) >= 11 is 0. The Kier molecular flexibility index (Phi) is 3.56. The fraction of sp³-hybridized carbons (Fsp3) is 0.625. The quantitative estimate of drug-likeness (QED) is 0.803. The van der Waals surface area contributed by atoms with Gasteiger partial charge in [0, 0.05) is 11.6 Å². The normalized spacial score (nSPS) is 25.9. The van der Waals surface area contributed by atoms with Gasteiger partial charge < -0.3 is 9.47 Å². The maximum atomic E-state index is 5.61. The minimum atomic E-state index is 0.238. The van der Waals surface area contributed by atoms with E-state index < -0.39 is 0 Å². The molecule has 0 bridgehead atoms.